The molecule has 1 atom stereocenters. The Bertz CT molecular complexity index is 677. The molecule has 1 unspecified atom stereocenters. The molecule has 128 valence electrons. The van der Waals surface area contributed by atoms with E-state index in [1.165, 1.54) is 18.5 Å². The summed E-state index contributed by atoms with van der Waals surface area (Å²) in [6.07, 6.45) is 2.48. The van der Waals surface area contributed by atoms with Crippen LogP contribution in [0, 0.1) is 0 Å². The molecule has 0 aliphatic carbocycles. The number of benzene rings is 1. The number of hydrogen-bond acceptors (Lipinski definition) is 3. The number of urea groups is 1. The predicted octanol–water partition coefficient (Wildman–Crippen LogP) is 1.88. The average molecular weight is 328 g/mol. The summed E-state index contributed by atoms with van der Waals surface area (Å²) in [5.41, 5.74) is 3.47. The molecule has 6 nitrogen and oxygen atoms in total. The van der Waals surface area contributed by atoms with E-state index in [0.717, 1.165) is 18.7 Å². The minimum Gasteiger partial charge on any atom is -0.372 e. The van der Waals surface area contributed by atoms with Gasteiger partial charge in [0.15, 0.2) is 0 Å². The molecule has 0 bridgehead atoms. The van der Waals surface area contributed by atoms with Crippen LogP contribution in [0.25, 0.3) is 0 Å². The number of hydrogen-bond donors (Lipinski definition) is 3. The van der Waals surface area contributed by atoms with Gasteiger partial charge in [-0.25, -0.2) is 4.79 Å². The molecule has 2 aliphatic heterocycles. The number of carbonyl (C=O) groups is 2. The van der Waals surface area contributed by atoms with E-state index in [1.807, 2.05) is 19.1 Å². The van der Waals surface area contributed by atoms with Crippen molar-refractivity contribution in [2.75, 3.05) is 18.0 Å². The molecule has 24 heavy (non-hydrogen) atoms. The summed E-state index contributed by atoms with van der Waals surface area (Å²) in [6.45, 7) is 6.23. The molecule has 0 radical (unpaired) electrons. The summed E-state index contributed by atoms with van der Waals surface area (Å²) in [5, 5.41) is 8.31. The van der Waals surface area contributed by atoms with Crippen molar-refractivity contribution in [3.63, 3.8) is 0 Å². The lowest BCUT2D eigenvalue weighted by Crippen LogP contribution is -2.50. The van der Waals surface area contributed by atoms with Crippen molar-refractivity contribution >= 4 is 17.6 Å². The Labute approximate surface area is 142 Å². The van der Waals surface area contributed by atoms with Crippen LogP contribution in [-0.2, 0) is 11.3 Å². The maximum absolute atomic E-state index is 12.5. The normalized spacial score (nSPS) is 20.7. The van der Waals surface area contributed by atoms with E-state index >= 15 is 0 Å². The first-order chi connectivity index (χ1) is 11.5. The van der Waals surface area contributed by atoms with Crippen molar-refractivity contribution in [2.45, 2.75) is 39.3 Å². The second kappa shape index (κ2) is 6.95. The standard InChI is InChI=1S/C18H24N4O2/c1-12-16(13(2)21-18(24)20-12)17(23)19-11-14-6-5-7-15(10-14)22-8-3-4-9-22/h5-7,10,12H,3-4,8-9,11H2,1-2H3,(H,19,23)(H2,20,21,24). The third-order valence-corrected chi connectivity index (χ3v) is 4.57. The fraction of sp³-hybridized carbons (Fsp3) is 0.444. The number of nitrogens with one attached hydrogen (secondary N) is 3. The molecule has 2 heterocycles. The van der Waals surface area contributed by atoms with E-state index in [1.54, 1.807) is 6.92 Å². The molecule has 0 spiro atoms. The van der Waals surface area contributed by atoms with Crippen molar-refractivity contribution in [2.24, 2.45) is 0 Å². The Kier molecular flexibility index (Phi) is 4.74. The Balaban J connectivity index is 1.65. The Morgan fingerprint density at radius 3 is 2.79 bits per heavy atom. The van der Waals surface area contributed by atoms with Crippen LogP contribution in [0.2, 0.25) is 0 Å². The largest absolute Gasteiger partial charge is 0.372 e. The van der Waals surface area contributed by atoms with Crippen molar-refractivity contribution in [3.8, 4) is 0 Å². The quantitative estimate of drug-likeness (QED) is 0.790. The summed E-state index contributed by atoms with van der Waals surface area (Å²) >= 11 is 0. The number of allylic oxidation sites excluding steroid dienone is 1. The number of amides is 3. The van der Waals surface area contributed by atoms with Crippen LogP contribution in [0.15, 0.2) is 35.5 Å². The van der Waals surface area contributed by atoms with E-state index < -0.39 is 0 Å². The Morgan fingerprint density at radius 2 is 2.08 bits per heavy atom. The molecule has 1 aromatic rings. The van der Waals surface area contributed by atoms with Gasteiger partial charge in [-0.2, -0.15) is 0 Å². The molecule has 3 N–H and O–H groups in total. The molecule has 1 fully saturated rings. The second-order valence-corrected chi connectivity index (χ2v) is 6.41. The van der Waals surface area contributed by atoms with Gasteiger partial charge in [0.1, 0.15) is 0 Å². The molecule has 0 aromatic heterocycles. The summed E-state index contributed by atoms with van der Waals surface area (Å²) in [7, 11) is 0. The molecule has 3 rings (SSSR count). The van der Waals surface area contributed by atoms with Gasteiger partial charge in [0.2, 0.25) is 0 Å². The molecule has 1 saturated heterocycles. The highest BCUT2D eigenvalue weighted by Gasteiger charge is 2.26. The highest BCUT2D eigenvalue weighted by Crippen LogP contribution is 2.21. The van der Waals surface area contributed by atoms with Crippen LogP contribution in [0.5, 0.6) is 0 Å². The van der Waals surface area contributed by atoms with E-state index in [0.29, 0.717) is 17.8 Å². The van der Waals surface area contributed by atoms with Crippen LogP contribution in [0.4, 0.5) is 10.5 Å². The zero-order valence-corrected chi connectivity index (χ0v) is 14.2. The summed E-state index contributed by atoms with van der Waals surface area (Å²) in [4.78, 5) is 26.2. The third kappa shape index (κ3) is 3.53. The third-order valence-electron chi connectivity index (χ3n) is 4.57. The van der Waals surface area contributed by atoms with Gasteiger partial charge in [0, 0.05) is 31.0 Å². The van der Waals surface area contributed by atoms with Crippen molar-refractivity contribution in [3.05, 3.63) is 41.1 Å². The van der Waals surface area contributed by atoms with Crippen LogP contribution in [0.3, 0.4) is 0 Å². The predicted molar refractivity (Wildman–Crippen MR) is 93.6 cm³/mol. The van der Waals surface area contributed by atoms with Crippen LogP contribution >= 0.6 is 0 Å². The molecule has 2 aliphatic rings. The molecule has 6 heteroatoms. The molecule has 0 saturated carbocycles. The smallest absolute Gasteiger partial charge is 0.319 e. The number of nitrogens with zero attached hydrogens (tertiary/aromatic N) is 1. The molecular formula is C18H24N4O2. The topological polar surface area (TPSA) is 73.5 Å². The van der Waals surface area contributed by atoms with Gasteiger partial charge in [-0.1, -0.05) is 12.1 Å². The first kappa shape index (κ1) is 16.4. The maximum Gasteiger partial charge on any atom is 0.319 e. The first-order valence-corrected chi connectivity index (χ1v) is 8.45. The van der Waals surface area contributed by atoms with Gasteiger partial charge >= 0.3 is 6.03 Å². The van der Waals surface area contributed by atoms with Gasteiger partial charge in [-0.05, 0) is 44.4 Å². The summed E-state index contributed by atoms with van der Waals surface area (Å²) < 4.78 is 0. The Hall–Kier alpha value is -2.50. The molecular weight excluding hydrogens is 304 g/mol. The number of anilines is 1. The fourth-order valence-electron chi connectivity index (χ4n) is 3.35. The Morgan fingerprint density at radius 1 is 1.33 bits per heavy atom. The van der Waals surface area contributed by atoms with E-state index in [2.05, 4.69) is 33.0 Å². The fourth-order valence-corrected chi connectivity index (χ4v) is 3.35. The van der Waals surface area contributed by atoms with Gasteiger partial charge in [-0.3, -0.25) is 4.79 Å². The number of carbonyl (C=O) groups excluding carboxylic acids is 2. The second-order valence-electron chi connectivity index (χ2n) is 6.41. The van der Waals surface area contributed by atoms with Crippen molar-refractivity contribution in [1.82, 2.24) is 16.0 Å². The zero-order valence-electron chi connectivity index (χ0n) is 14.2. The lowest BCUT2D eigenvalue weighted by Gasteiger charge is -2.25. The van der Waals surface area contributed by atoms with Gasteiger partial charge in [0.25, 0.3) is 5.91 Å². The average Bonchev–Trinajstić information content (AvgIpc) is 3.07. The maximum atomic E-state index is 12.5. The highest BCUT2D eigenvalue weighted by atomic mass is 16.2. The monoisotopic (exact) mass is 328 g/mol. The van der Waals surface area contributed by atoms with Crippen molar-refractivity contribution in [1.29, 1.82) is 0 Å². The van der Waals surface area contributed by atoms with Crippen LogP contribution in [-0.4, -0.2) is 31.1 Å². The zero-order chi connectivity index (χ0) is 17.1. The van der Waals surface area contributed by atoms with Crippen LogP contribution in [0.1, 0.15) is 32.3 Å². The van der Waals surface area contributed by atoms with Gasteiger partial charge in [-0.15, -0.1) is 0 Å². The van der Waals surface area contributed by atoms with Crippen molar-refractivity contribution < 1.29 is 9.59 Å². The minimum absolute atomic E-state index is 0.154. The number of rotatable bonds is 4. The van der Waals surface area contributed by atoms with E-state index in [-0.39, 0.29) is 18.0 Å². The lowest BCUT2D eigenvalue weighted by molar-refractivity contribution is -0.118. The van der Waals surface area contributed by atoms with Gasteiger partial charge < -0.3 is 20.9 Å². The first-order valence-electron chi connectivity index (χ1n) is 8.45. The lowest BCUT2D eigenvalue weighted by atomic mass is 10.0. The summed E-state index contributed by atoms with van der Waals surface area (Å²) in [5.74, 6) is -0.154. The SMILES string of the molecule is CC1=C(C(=O)NCc2cccc(N3CCCC3)c2)C(C)NC(=O)N1. The van der Waals surface area contributed by atoms with Crippen LogP contribution < -0.4 is 20.9 Å². The summed E-state index contributed by atoms with van der Waals surface area (Å²) in [6, 6.07) is 7.74. The van der Waals surface area contributed by atoms with Gasteiger partial charge in [0.05, 0.1) is 11.6 Å². The minimum atomic E-state index is -0.297. The highest BCUT2D eigenvalue weighted by molar-refractivity contribution is 5.98. The molecule has 3 amide bonds. The van der Waals surface area contributed by atoms with E-state index in [9.17, 15) is 9.59 Å². The molecule has 1 aromatic carbocycles. The van der Waals surface area contributed by atoms with E-state index in [4.69, 9.17) is 0 Å².